The first kappa shape index (κ1) is 25.0. The molecular formula is C42H28N2S. The van der Waals surface area contributed by atoms with Crippen molar-refractivity contribution < 1.29 is 0 Å². The first-order chi connectivity index (χ1) is 22.3. The van der Waals surface area contributed by atoms with Crippen LogP contribution >= 0.6 is 11.3 Å². The molecular weight excluding hydrogens is 565 g/mol. The van der Waals surface area contributed by atoms with Crippen LogP contribution in [0.2, 0.25) is 0 Å². The third kappa shape index (κ3) is 3.62. The van der Waals surface area contributed by atoms with Crippen LogP contribution in [0.1, 0.15) is 22.7 Å². The van der Waals surface area contributed by atoms with Crippen molar-refractivity contribution in [2.75, 3.05) is 0 Å². The average molecular weight is 593 g/mol. The van der Waals surface area contributed by atoms with E-state index >= 15 is 0 Å². The highest BCUT2D eigenvalue weighted by Crippen LogP contribution is 2.43. The second kappa shape index (κ2) is 9.56. The molecule has 1 aliphatic carbocycles. The van der Waals surface area contributed by atoms with Crippen molar-refractivity contribution in [3.63, 3.8) is 0 Å². The minimum absolute atomic E-state index is 0.310. The number of fused-ring (bicyclic) bond motifs is 9. The number of aromatic nitrogens is 2. The fraction of sp³-hybridized carbons (Fsp3) is 0.0476. The predicted octanol–water partition coefficient (Wildman–Crippen LogP) is 11.4. The molecule has 3 heteroatoms. The van der Waals surface area contributed by atoms with E-state index in [-0.39, 0.29) is 0 Å². The molecule has 0 aliphatic heterocycles. The van der Waals surface area contributed by atoms with E-state index in [1.165, 1.54) is 81.1 Å². The molecule has 6 aromatic carbocycles. The smallest absolute Gasteiger partial charge is 0.0640 e. The zero-order chi connectivity index (χ0) is 29.5. The second-order valence-electron chi connectivity index (χ2n) is 12.1. The van der Waals surface area contributed by atoms with Crippen molar-refractivity contribution in [2.24, 2.45) is 0 Å². The minimum Gasteiger partial charge on any atom is -0.310 e. The lowest BCUT2D eigenvalue weighted by Crippen LogP contribution is -2.07. The highest BCUT2D eigenvalue weighted by Gasteiger charge is 2.24. The summed E-state index contributed by atoms with van der Waals surface area (Å²) in [6.45, 7) is 0. The summed E-state index contributed by atoms with van der Waals surface area (Å²) in [5.74, 6) is 0.310. The molecule has 0 saturated heterocycles. The third-order valence-corrected chi connectivity index (χ3v) is 10.9. The number of thiophene rings is 1. The van der Waals surface area contributed by atoms with Gasteiger partial charge in [-0.25, -0.2) is 0 Å². The molecule has 3 aromatic heterocycles. The van der Waals surface area contributed by atoms with Gasteiger partial charge in [0.05, 0.1) is 26.9 Å². The Hall–Kier alpha value is -5.38. The van der Waals surface area contributed by atoms with Gasteiger partial charge in [0, 0.05) is 48.9 Å². The van der Waals surface area contributed by atoms with Crippen molar-refractivity contribution in [2.45, 2.75) is 12.3 Å². The van der Waals surface area contributed by atoms with Crippen LogP contribution in [0.15, 0.2) is 146 Å². The minimum atomic E-state index is 0.310. The van der Waals surface area contributed by atoms with E-state index in [1.54, 1.807) is 0 Å². The Morgan fingerprint density at radius 2 is 1.22 bits per heavy atom. The molecule has 1 unspecified atom stereocenters. The van der Waals surface area contributed by atoms with Crippen LogP contribution in [0.3, 0.4) is 0 Å². The normalized spacial score (nSPS) is 14.7. The fourth-order valence-corrected chi connectivity index (χ4v) is 8.89. The van der Waals surface area contributed by atoms with Crippen LogP contribution in [-0.2, 0) is 6.42 Å². The van der Waals surface area contributed by atoms with Crippen molar-refractivity contribution >= 4 is 70.3 Å². The summed E-state index contributed by atoms with van der Waals surface area (Å²) < 4.78 is 7.57. The summed E-state index contributed by atoms with van der Waals surface area (Å²) in [4.78, 5) is 0. The molecule has 0 radical (unpaired) electrons. The first-order valence-corrected chi connectivity index (χ1v) is 16.4. The van der Waals surface area contributed by atoms with E-state index in [4.69, 9.17) is 0 Å². The van der Waals surface area contributed by atoms with Gasteiger partial charge in [-0.2, -0.15) is 0 Å². The van der Waals surface area contributed by atoms with Gasteiger partial charge < -0.3 is 9.13 Å². The lowest BCUT2D eigenvalue weighted by Gasteiger charge is -2.20. The van der Waals surface area contributed by atoms with Crippen LogP contribution in [0.25, 0.3) is 70.3 Å². The van der Waals surface area contributed by atoms with E-state index < -0.39 is 0 Å². The standard InChI is InChI=1S/C42H28N2S/c1-2-11-29(12-3-1)43-36-17-7-4-13-30(36)34-25-27(21-23-38(34)43)28-22-24-39-35(26-28)31-14-5-8-18-37(31)44(39)40-19-10-16-33-32-15-6-9-20-41(32)45-42(33)40/h1-24,26-27H,25H2. The van der Waals surface area contributed by atoms with E-state index in [1.807, 2.05) is 11.3 Å². The Balaban J connectivity index is 1.14. The summed E-state index contributed by atoms with van der Waals surface area (Å²) in [5.41, 5.74) is 10.3. The zero-order valence-electron chi connectivity index (χ0n) is 24.5. The van der Waals surface area contributed by atoms with E-state index in [9.17, 15) is 0 Å². The molecule has 0 fully saturated rings. The Labute approximate surface area is 264 Å². The molecule has 1 aliphatic rings. The number of nitrogens with zero attached hydrogens (tertiary/aromatic N) is 2. The highest BCUT2D eigenvalue weighted by molar-refractivity contribution is 7.26. The Kier molecular flexibility index (Phi) is 5.31. The number of benzene rings is 6. The summed E-state index contributed by atoms with van der Waals surface area (Å²) in [6, 6.07) is 51.2. The maximum absolute atomic E-state index is 2.48. The topological polar surface area (TPSA) is 9.86 Å². The Morgan fingerprint density at radius 3 is 2.09 bits per heavy atom. The van der Waals surface area contributed by atoms with Crippen LogP contribution < -0.4 is 0 Å². The van der Waals surface area contributed by atoms with Gasteiger partial charge in [0.2, 0.25) is 0 Å². The Bertz CT molecular complexity index is 2630. The molecule has 3 heterocycles. The third-order valence-electron chi connectivity index (χ3n) is 9.69. The van der Waals surface area contributed by atoms with Crippen LogP contribution in [0, 0.1) is 0 Å². The molecule has 45 heavy (non-hydrogen) atoms. The molecule has 0 N–H and O–H groups in total. The lowest BCUT2D eigenvalue weighted by atomic mass is 9.86. The van der Waals surface area contributed by atoms with E-state index in [0.29, 0.717) is 5.92 Å². The highest BCUT2D eigenvalue weighted by atomic mass is 32.1. The SMILES string of the molecule is C1=CC(c2ccc3c(c2)c2ccccc2n3-c2cccc3c2sc2ccccc23)Cc2c1n(-c1ccccc1)c1ccccc21. The van der Waals surface area contributed by atoms with Gasteiger partial charge in [0.25, 0.3) is 0 Å². The van der Waals surface area contributed by atoms with Gasteiger partial charge in [-0.1, -0.05) is 97.1 Å². The predicted molar refractivity (Wildman–Crippen MR) is 192 cm³/mol. The molecule has 0 spiro atoms. The van der Waals surface area contributed by atoms with Gasteiger partial charge in [0.1, 0.15) is 0 Å². The molecule has 0 amide bonds. The summed E-state index contributed by atoms with van der Waals surface area (Å²) in [7, 11) is 0. The summed E-state index contributed by atoms with van der Waals surface area (Å²) in [6.07, 6.45) is 5.75. The first-order valence-electron chi connectivity index (χ1n) is 15.6. The van der Waals surface area contributed by atoms with Gasteiger partial charge in [0.15, 0.2) is 0 Å². The van der Waals surface area contributed by atoms with Crippen molar-refractivity contribution in [3.05, 3.63) is 162 Å². The molecule has 2 nitrogen and oxygen atoms in total. The summed E-state index contributed by atoms with van der Waals surface area (Å²) >= 11 is 1.89. The van der Waals surface area contributed by atoms with Crippen molar-refractivity contribution in [3.8, 4) is 11.4 Å². The zero-order valence-corrected chi connectivity index (χ0v) is 25.3. The van der Waals surface area contributed by atoms with E-state index in [2.05, 4.69) is 161 Å². The van der Waals surface area contributed by atoms with Gasteiger partial charge in [-0.15, -0.1) is 11.3 Å². The lowest BCUT2D eigenvalue weighted by molar-refractivity contribution is 0.826. The molecule has 212 valence electrons. The van der Waals surface area contributed by atoms with Gasteiger partial charge in [-0.05, 0) is 72.2 Å². The number of para-hydroxylation sites is 3. The number of hydrogen-bond donors (Lipinski definition) is 0. The quantitative estimate of drug-likeness (QED) is 0.193. The molecule has 9 aromatic rings. The summed E-state index contributed by atoms with van der Waals surface area (Å²) in [5, 5.41) is 6.62. The molecule has 0 bridgehead atoms. The largest absolute Gasteiger partial charge is 0.310 e. The van der Waals surface area contributed by atoms with Crippen molar-refractivity contribution in [1.29, 1.82) is 0 Å². The van der Waals surface area contributed by atoms with Gasteiger partial charge >= 0.3 is 0 Å². The monoisotopic (exact) mass is 592 g/mol. The van der Waals surface area contributed by atoms with Crippen LogP contribution in [-0.4, -0.2) is 9.13 Å². The average Bonchev–Trinajstić information content (AvgIpc) is 3.76. The second-order valence-corrected chi connectivity index (χ2v) is 13.2. The van der Waals surface area contributed by atoms with Crippen molar-refractivity contribution in [1.82, 2.24) is 9.13 Å². The van der Waals surface area contributed by atoms with E-state index in [0.717, 1.165) is 6.42 Å². The molecule has 10 rings (SSSR count). The number of rotatable bonds is 3. The maximum Gasteiger partial charge on any atom is 0.0640 e. The molecule has 1 atom stereocenters. The maximum atomic E-state index is 2.48. The number of allylic oxidation sites excluding steroid dienone is 1. The fourth-order valence-electron chi connectivity index (χ4n) is 7.68. The van der Waals surface area contributed by atoms with Crippen LogP contribution in [0.4, 0.5) is 0 Å². The Morgan fingerprint density at radius 1 is 0.533 bits per heavy atom. The number of hydrogen-bond acceptors (Lipinski definition) is 1. The van der Waals surface area contributed by atoms with Gasteiger partial charge in [-0.3, -0.25) is 0 Å². The molecule has 0 saturated carbocycles. The van der Waals surface area contributed by atoms with Crippen LogP contribution in [0.5, 0.6) is 0 Å².